The van der Waals surface area contributed by atoms with Crippen LogP contribution in [-0.4, -0.2) is 43.9 Å². The van der Waals surface area contributed by atoms with Crippen molar-refractivity contribution in [2.75, 3.05) is 19.7 Å². The highest BCUT2D eigenvalue weighted by atomic mass is 16.5. The Morgan fingerprint density at radius 2 is 2.08 bits per heavy atom. The van der Waals surface area contributed by atoms with E-state index in [1.54, 1.807) is 0 Å². The molecule has 2 aliphatic heterocycles. The molecule has 5 heteroatoms. The van der Waals surface area contributed by atoms with Gasteiger partial charge in [-0.15, -0.1) is 0 Å². The third-order valence-electron chi connectivity index (χ3n) is 4.79. The molecule has 0 radical (unpaired) electrons. The van der Waals surface area contributed by atoms with Gasteiger partial charge in [-0.3, -0.25) is 0 Å². The summed E-state index contributed by atoms with van der Waals surface area (Å²) in [6.45, 7) is 8.30. The quantitative estimate of drug-likeness (QED) is 0.478. The van der Waals surface area contributed by atoms with Crippen LogP contribution in [0.15, 0.2) is 23.2 Å². The van der Waals surface area contributed by atoms with Crippen LogP contribution in [0.5, 0.6) is 5.75 Å². The fourth-order valence-corrected chi connectivity index (χ4v) is 3.62. The molecule has 0 aromatic heterocycles. The monoisotopic (exact) mass is 331 g/mol. The molecule has 1 aromatic rings. The molecular weight excluding hydrogens is 302 g/mol. The molecule has 3 unspecified atom stereocenters. The number of rotatable bonds is 6. The first kappa shape index (κ1) is 17.1. The SMILES string of the molecule is CCNC(=NCCOc1c(C)cccc1C)NC1CC2CCC1O2. The van der Waals surface area contributed by atoms with Gasteiger partial charge in [0.25, 0.3) is 0 Å². The number of aryl methyl sites for hydroxylation is 2. The van der Waals surface area contributed by atoms with Gasteiger partial charge < -0.3 is 20.1 Å². The summed E-state index contributed by atoms with van der Waals surface area (Å²) >= 11 is 0. The van der Waals surface area contributed by atoms with Crippen LogP contribution in [0, 0.1) is 13.8 Å². The van der Waals surface area contributed by atoms with Gasteiger partial charge in [0.2, 0.25) is 0 Å². The Balaban J connectivity index is 1.50. The smallest absolute Gasteiger partial charge is 0.191 e. The highest BCUT2D eigenvalue weighted by Gasteiger charge is 2.41. The Morgan fingerprint density at radius 1 is 1.29 bits per heavy atom. The highest BCUT2D eigenvalue weighted by Crippen LogP contribution is 2.34. The third-order valence-corrected chi connectivity index (χ3v) is 4.79. The van der Waals surface area contributed by atoms with Crippen LogP contribution in [0.1, 0.15) is 37.3 Å². The van der Waals surface area contributed by atoms with Gasteiger partial charge in [-0.25, -0.2) is 4.99 Å². The van der Waals surface area contributed by atoms with E-state index in [0.29, 0.717) is 31.4 Å². The standard InChI is InChI=1S/C19H29N3O2/c1-4-20-19(22-16-12-15-8-9-17(16)24-15)21-10-11-23-18-13(2)6-5-7-14(18)3/h5-7,15-17H,4,8-12H2,1-3H3,(H2,20,21,22). The second kappa shape index (κ2) is 7.88. The molecule has 24 heavy (non-hydrogen) atoms. The highest BCUT2D eigenvalue weighted by molar-refractivity contribution is 5.80. The number of ether oxygens (including phenoxy) is 2. The number of nitrogens with one attached hydrogen (secondary N) is 2. The second-order valence-electron chi connectivity index (χ2n) is 6.69. The fraction of sp³-hybridized carbons (Fsp3) is 0.632. The molecular formula is C19H29N3O2. The van der Waals surface area contributed by atoms with Crippen molar-refractivity contribution in [2.45, 2.75) is 58.3 Å². The normalized spacial score (nSPS) is 25.8. The topological polar surface area (TPSA) is 54.9 Å². The average Bonchev–Trinajstić information content (AvgIpc) is 3.16. The van der Waals surface area contributed by atoms with Gasteiger partial charge in [-0.1, -0.05) is 18.2 Å². The predicted molar refractivity (Wildman–Crippen MR) is 96.8 cm³/mol. The molecule has 3 rings (SSSR count). The van der Waals surface area contributed by atoms with Crippen LogP contribution >= 0.6 is 0 Å². The Hall–Kier alpha value is -1.75. The van der Waals surface area contributed by atoms with Gasteiger partial charge >= 0.3 is 0 Å². The Labute approximate surface area is 144 Å². The zero-order valence-electron chi connectivity index (χ0n) is 15.0. The summed E-state index contributed by atoms with van der Waals surface area (Å²) in [6.07, 6.45) is 4.26. The number of hydrogen-bond acceptors (Lipinski definition) is 3. The molecule has 2 N–H and O–H groups in total. The minimum Gasteiger partial charge on any atom is -0.491 e. The summed E-state index contributed by atoms with van der Waals surface area (Å²) in [5.41, 5.74) is 2.34. The van der Waals surface area contributed by atoms with Gasteiger partial charge in [0, 0.05) is 6.54 Å². The van der Waals surface area contributed by atoms with E-state index in [0.717, 1.165) is 31.1 Å². The van der Waals surface area contributed by atoms with Crippen molar-refractivity contribution in [3.8, 4) is 5.75 Å². The summed E-state index contributed by atoms with van der Waals surface area (Å²) < 4.78 is 11.8. The zero-order valence-corrected chi connectivity index (χ0v) is 15.0. The lowest BCUT2D eigenvalue weighted by atomic mass is 9.96. The van der Waals surface area contributed by atoms with Crippen molar-refractivity contribution < 1.29 is 9.47 Å². The fourth-order valence-electron chi connectivity index (χ4n) is 3.62. The number of guanidine groups is 1. The molecule has 0 amide bonds. The first-order valence-corrected chi connectivity index (χ1v) is 9.06. The number of fused-ring (bicyclic) bond motifs is 2. The number of benzene rings is 1. The summed E-state index contributed by atoms with van der Waals surface area (Å²) in [4.78, 5) is 4.65. The Kier molecular flexibility index (Phi) is 5.61. The molecule has 5 nitrogen and oxygen atoms in total. The van der Waals surface area contributed by atoms with Crippen molar-refractivity contribution in [1.29, 1.82) is 0 Å². The van der Waals surface area contributed by atoms with Crippen molar-refractivity contribution in [1.82, 2.24) is 10.6 Å². The van der Waals surface area contributed by atoms with E-state index < -0.39 is 0 Å². The largest absolute Gasteiger partial charge is 0.491 e. The molecule has 2 aliphatic rings. The molecule has 3 atom stereocenters. The maximum atomic E-state index is 5.93. The van der Waals surface area contributed by atoms with E-state index in [4.69, 9.17) is 9.47 Å². The number of nitrogens with zero attached hydrogens (tertiary/aromatic N) is 1. The van der Waals surface area contributed by atoms with Crippen LogP contribution in [-0.2, 0) is 4.74 Å². The molecule has 1 aromatic carbocycles. The molecule has 2 saturated heterocycles. The van der Waals surface area contributed by atoms with Gasteiger partial charge in [0.05, 0.1) is 24.8 Å². The average molecular weight is 331 g/mol. The number of para-hydroxylation sites is 1. The summed E-state index contributed by atoms with van der Waals surface area (Å²) in [5, 5.41) is 6.85. The molecule has 2 fully saturated rings. The zero-order chi connectivity index (χ0) is 16.9. The summed E-state index contributed by atoms with van der Waals surface area (Å²) in [6, 6.07) is 6.60. The van der Waals surface area contributed by atoms with Crippen LogP contribution in [0.2, 0.25) is 0 Å². The minimum atomic E-state index is 0.352. The van der Waals surface area contributed by atoms with Crippen LogP contribution in [0.25, 0.3) is 0 Å². The van der Waals surface area contributed by atoms with Crippen molar-refractivity contribution in [3.63, 3.8) is 0 Å². The maximum absolute atomic E-state index is 5.93. The molecule has 0 spiro atoms. The van der Waals surface area contributed by atoms with E-state index in [-0.39, 0.29) is 0 Å². The van der Waals surface area contributed by atoms with Gasteiger partial charge in [0.15, 0.2) is 5.96 Å². The van der Waals surface area contributed by atoms with E-state index in [1.807, 2.05) is 0 Å². The van der Waals surface area contributed by atoms with Crippen LogP contribution in [0.4, 0.5) is 0 Å². The van der Waals surface area contributed by atoms with Crippen LogP contribution in [0.3, 0.4) is 0 Å². The van der Waals surface area contributed by atoms with Gasteiger partial charge in [0.1, 0.15) is 12.4 Å². The van der Waals surface area contributed by atoms with E-state index >= 15 is 0 Å². The molecule has 2 bridgehead atoms. The van der Waals surface area contributed by atoms with E-state index in [9.17, 15) is 0 Å². The lowest BCUT2D eigenvalue weighted by Gasteiger charge is -2.22. The van der Waals surface area contributed by atoms with Crippen molar-refractivity contribution in [2.24, 2.45) is 4.99 Å². The molecule has 2 heterocycles. The first-order chi connectivity index (χ1) is 11.7. The predicted octanol–water partition coefficient (Wildman–Crippen LogP) is 2.56. The molecule has 132 valence electrons. The lowest BCUT2D eigenvalue weighted by Crippen LogP contribution is -2.47. The number of aliphatic imine (C=N–C) groups is 1. The Bertz CT molecular complexity index is 568. The van der Waals surface area contributed by atoms with Gasteiger partial charge in [-0.2, -0.15) is 0 Å². The van der Waals surface area contributed by atoms with Crippen molar-refractivity contribution >= 4 is 5.96 Å². The van der Waals surface area contributed by atoms with E-state index in [1.165, 1.54) is 17.5 Å². The number of hydrogen-bond donors (Lipinski definition) is 2. The minimum absolute atomic E-state index is 0.352. The van der Waals surface area contributed by atoms with Crippen molar-refractivity contribution in [3.05, 3.63) is 29.3 Å². The van der Waals surface area contributed by atoms with E-state index in [2.05, 4.69) is 54.6 Å². The summed E-state index contributed by atoms with van der Waals surface area (Å²) in [5.74, 6) is 1.84. The van der Waals surface area contributed by atoms with Crippen LogP contribution < -0.4 is 15.4 Å². The summed E-state index contributed by atoms with van der Waals surface area (Å²) in [7, 11) is 0. The molecule has 0 aliphatic carbocycles. The van der Waals surface area contributed by atoms with Gasteiger partial charge in [-0.05, 0) is 51.2 Å². The first-order valence-electron chi connectivity index (χ1n) is 9.06. The third kappa shape index (κ3) is 4.01. The maximum Gasteiger partial charge on any atom is 0.191 e. The lowest BCUT2D eigenvalue weighted by molar-refractivity contribution is 0.0992. The molecule has 0 saturated carbocycles. The second-order valence-corrected chi connectivity index (χ2v) is 6.69. The Morgan fingerprint density at radius 3 is 2.71 bits per heavy atom.